The summed E-state index contributed by atoms with van der Waals surface area (Å²) in [6.45, 7) is 0.930. The molecule has 1 aliphatic rings. The molecule has 0 radical (unpaired) electrons. The zero-order valence-electron chi connectivity index (χ0n) is 8.91. The van der Waals surface area contributed by atoms with Gasteiger partial charge in [-0.3, -0.25) is 4.79 Å². The van der Waals surface area contributed by atoms with Gasteiger partial charge in [-0.25, -0.2) is 4.39 Å². The highest BCUT2D eigenvalue weighted by molar-refractivity contribution is 7.99. The summed E-state index contributed by atoms with van der Waals surface area (Å²) in [6.07, 6.45) is 0.383. The lowest BCUT2D eigenvalue weighted by molar-refractivity contribution is 0.0968. The van der Waals surface area contributed by atoms with E-state index in [9.17, 15) is 9.18 Å². The summed E-state index contributed by atoms with van der Waals surface area (Å²) >= 11 is 1.84. The van der Waals surface area contributed by atoms with Crippen LogP contribution in [-0.4, -0.2) is 29.9 Å². The van der Waals surface area contributed by atoms with Gasteiger partial charge in [0, 0.05) is 30.5 Å². The van der Waals surface area contributed by atoms with E-state index in [0.717, 1.165) is 18.1 Å². The zero-order chi connectivity index (χ0) is 11.4. The highest BCUT2D eigenvalue weighted by Crippen LogP contribution is 2.15. The molecule has 1 N–H and O–H groups in total. The number of rotatable bonds is 3. The predicted octanol–water partition coefficient (Wildman–Crippen LogP) is 2.10. The van der Waals surface area contributed by atoms with Crippen molar-refractivity contribution in [3.63, 3.8) is 0 Å². The second kappa shape index (κ2) is 5.46. The molecule has 0 spiro atoms. The summed E-state index contributed by atoms with van der Waals surface area (Å²) in [5.74, 6) is 1.49. The van der Waals surface area contributed by atoms with Crippen LogP contribution in [0.15, 0.2) is 24.3 Å². The van der Waals surface area contributed by atoms with Gasteiger partial charge in [-0.05, 0) is 12.1 Å². The Labute approximate surface area is 98.6 Å². The fourth-order valence-corrected chi connectivity index (χ4v) is 2.72. The molecule has 1 saturated heterocycles. The number of hydrogen-bond donors (Lipinski definition) is 1. The minimum Gasteiger partial charge on any atom is -0.312 e. The predicted molar refractivity (Wildman–Crippen MR) is 64.5 cm³/mol. The minimum atomic E-state index is -0.420. The molecule has 1 aliphatic heterocycles. The zero-order valence-corrected chi connectivity index (χ0v) is 9.73. The quantitative estimate of drug-likeness (QED) is 0.819. The third-order valence-corrected chi connectivity index (χ3v) is 3.74. The van der Waals surface area contributed by atoms with Crippen molar-refractivity contribution in [2.45, 2.75) is 12.5 Å². The van der Waals surface area contributed by atoms with Crippen molar-refractivity contribution >= 4 is 17.5 Å². The van der Waals surface area contributed by atoms with Crippen LogP contribution in [0.25, 0.3) is 0 Å². The molecule has 0 aromatic heterocycles. The second-order valence-electron chi connectivity index (χ2n) is 3.83. The van der Waals surface area contributed by atoms with Gasteiger partial charge in [-0.15, -0.1) is 0 Å². The van der Waals surface area contributed by atoms with E-state index in [4.69, 9.17) is 0 Å². The van der Waals surface area contributed by atoms with Crippen LogP contribution < -0.4 is 5.32 Å². The van der Waals surface area contributed by atoms with E-state index >= 15 is 0 Å². The lowest BCUT2D eigenvalue weighted by Gasteiger charge is -2.22. The summed E-state index contributed by atoms with van der Waals surface area (Å²) in [7, 11) is 0. The van der Waals surface area contributed by atoms with E-state index < -0.39 is 5.82 Å². The van der Waals surface area contributed by atoms with Crippen LogP contribution in [0, 0.1) is 5.82 Å². The Morgan fingerprint density at radius 1 is 1.50 bits per heavy atom. The number of Topliss-reactive ketones (excluding diaryl/α,β-unsaturated/α-hetero) is 1. The molecule has 2 nitrogen and oxygen atoms in total. The van der Waals surface area contributed by atoms with Crippen molar-refractivity contribution in [2.75, 3.05) is 18.1 Å². The summed E-state index contributed by atoms with van der Waals surface area (Å²) in [6, 6.07) is 6.36. The van der Waals surface area contributed by atoms with Crippen LogP contribution in [0.2, 0.25) is 0 Å². The first kappa shape index (κ1) is 11.6. The average molecular weight is 239 g/mol. The molecule has 4 heteroatoms. The first-order chi connectivity index (χ1) is 7.77. The molecule has 86 valence electrons. The highest BCUT2D eigenvalue weighted by atomic mass is 32.2. The number of ketones is 1. The van der Waals surface area contributed by atoms with Crippen molar-refractivity contribution in [1.82, 2.24) is 5.32 Å². The fraction of sp³-hybridized carbons (Fsp3) is 0.417. The molecular formula is C12H14FNOS. The lowest BCUT2D eigenvalue weighted by Crippen LogP contribution is -2.38. The number of carbonyl (C=O) groups is 1. The van der Waals surface area contributed by atoms with Gasteiger partial charge in [-0.1, -0.05) is 12.1 Å². The Morgan fingerprint density at radius 2 is 2.31 bits per heavy atom. The topological polar surface area (TPSA) is 29.1 Å². The van der Waals surface area contributed by atoms with Crippen molar-refractivity contribution in [1.29, 1.82) is 0 Å². The van der Waals surface area contributed by atoms with Crippen LogP contribution in [0.5, 0.6) is 0 Å². The fourth-order valence-electron chi connectivity index (χ4n) is 1.77. The van der Waals surface area contributed by atoms with Gasteiger partial charge in [0.15, 0.2) is 5.78 Å². The van der Waals surface area contributed by atoms with Crippen LogP contribution >= 0.6 is 11.8 Å². The van der Waals surface area contributed by atoms with Gasteiger partial charge in [0.2, 0.25) is 0 Å². The molecule has 1 unspecified atom stereocenters. The Bertz CT molecular complexity index is 377. The van der Waals surface area contributed by atoms with Gasteiger partial charge in [0.05, 0.1) is 5.56 Å². The highest BCUT2D eigenvalue weighted by Gasteiger charge is 2.19. The number of nitrogens with one attached hydrogen (secondary N) is 1. The molecule has 1 heterocycles. The van der Waals surface area contributed by atoms with Gasteiger partial charge >= 0.3 is 0 Å². The molecule has 1 atom stereocenters. The first-order valence-electron chi connectivity index (χ1n) is 5.36. The normalized spacial score (nSPS) is 20.7. The molecule has 1 aromatic rings. The maximum absolute atomic E-state index is 13.3. The van der Waals surface area contributed by atoms with Crippen molar-refractivity contribution in [3.8, 4) is 0 Å². The monoisotopic (exact) mass is 239 g/mol. The van der Waals surface area contributed by atoms with Crippen LogP contribution in [0.1, 0.15) is 16.8 Å². The molecule has 0 amide bonds. The number of hydrogen-bond acceptors (Lipinski definition) is 3. The molecule has 16 heavy (non-hydrogen) atoms. The maximum atomic E-state index is 13.3. The third kappa shape index (κ3) is 2.83. The Balaban J connectivity index is 2.00. The van der Waals surface area contributed by atoms with E-state index in [0.29, 0.717) is 6.42 Å². The van der Waals surface area contributed by atoms with E-state index in [1.54, 1.807) is 18.2 Å². The lowest BCUT2D eigenvalue weighted by atomic mass is 10.0. The standard InChI is InChI=1S/C12H14FNOS/c13-11-4-2-1-3-10(11)12(15)7-9-8-16-6-5-14-9/h1-4,9,14H,5-8H2. The van der Waals surface area contributed by atoms with Gasteiger partial charge < -0.3 is 5.32 Å². The minimum absolute atomic E-state index is 0.113. The molecular weight excluding hydrogens is 225 g/mol. The van der Waals surface area contributed by atoms with Crippen molar-refractivity contribution in [3.05, 3.63) is 35.6 Å². The Hall–Kier alpha value is -0.870. The van der Waals surface area contributed by atoms with Crippen LogP contribution in [0.3, 0.4) is 0 Å². The van der Waals surface area contributed by atoms with Crippen LogP contribution in [0.4, 0.5) is 4.39 Å². The number of carbonyl (C=O) groups excluding carboxylic acids is 1. The molecule has 0 saturated carbocycles. The molecule has 1 fully saturated rings. The molecule has 0 bridgehead atoms. The Morgan fingerprint density at radius 3 is 3.00 bits per heavy atom. The summed E-state index contributed by atoms with van der Waals surface area (Å²) in [5.41, 5.74) is 0.208. The number of benzene rings is 1. The summed E-state index contributed by atoms with van der Waals surface area (Å²) in [5, 5.41) is 3.28. The molecule has 0 aliphatic carbocycles. The first-order valence-corrected chi connectivity index (χ1v) is 6.51. The van der Waals surface area contributed by atoms with Gasteiger partial charge in [0.1, 0.15) is 5.82 Å². The van der Waals surface area contributed by atoms with E-state index in [-0.39, 0.29) is 17.4 Å². The number of thioether (sulfide) groups is 1. The SMILES string of the molecule is O=C(CC1CSCCN1)c1ccccc1F. The maximum Gasteiger partial charge on any atom is 0.167 e. The largest absolute Gasteiger partial charge is 0.312 e. The van der Waals surface area contributed by atoms with Gasteiger partial charge in [-0.2, -0.15) is 11.8 Å². The molecule has 1 aromatic carbocycles. The average Bonchev–Trinajstić information content (AvgIpc) is 2.31. The van der Waals surface area contributed by atoms with E-state index in [1.807, 2.05) is 11.8 Å². The smallest absolute Gasteiger partial charge is 0.167 e. The van der Waals surface area contributed by atoms with E-state index in [1.165, 1.54) is 6.07 Å². The second-order valence-corrected chi connectivity index (χ2v) is 4.98. The summed E-state index contributed by atoms with van der Waals surface area (Å²) < 4.78 is 13.3. The third-order valence-electron chi connectivity index (χ3n) is 2.60. The summed E-state index contributed by atoms with van der Waals surface area (Å²) in [4.78, 5) is 11.8. The van der Waals surface area contributed by atoms with E-state index in [2.05, 4.69) is 5.32 Å². The molecule has 2 rings (SSSR count). The van der Waals surface area contributed by atoms with Crippen molar-refractivity contribution in [2.24, 2.45) is 0 Å². The van der Waals surface area contributed by atoms with Gasteiger partial charge in [0.25, 0.3) is 0 Å². The Kier molecular flexibility index (Phi) is 3.96. The van der Waals surface area contributed by atoms with Crippen molar-refractivity contribution < 1.29 is 9.18 Å². The van der Waals surface area contributed by atoms with Crippen LogP contribution in [-0.2, 0) is 0 Å². The number of halogens is 1.